The van der Waals surface area contributed by atoms with Crippen molar-refractivity contribution >= 4 is 34.6 Å². The van der Waals surface area contributed by atoms with E-state index in [1.807, 2.05) is 6.07 Å². The van der Waals surface area contributed by atoms with Crippen molar-refractivity contribution in [1.82, 2.24) is 24.8 Å². The predicted molar refractivity (Wildman–Crippen MR) is 130 cm³/mol. The van der Waals surface area contributed by atoms with E-state index in [0.717, 1.165) is 72.8 Å². The van der Waals surface area contributed by atoms with Crippen LogP contribution in [0.1, 0.15) is 5.56 Å². The van der Waals surface area contributed by atoms with E-state index in [1.54, 1.807) is 18.1 Å². The van der Waals surface area contributed by atoms with Crippen molar-refractivity contribution in [3.63, 3.8) is 0 Å². The van der Waals surface area contributed by atoms with Gasteiger partial charge in [0.05, 0.1) is 19.8 Å². The highest BCUT2D eigenvalue weighted by atomic mass is 32.2. The molecule has 2 fully saturated rings. The Kier molecular flexibility index (Phi) is 7.15. The lowest BCUT2D eigenvalue weighted by atomic mass is 10.2. The van der Waals surface area contributed by atoms with Gasteiger partial charge in [-0.05, 0) is 5.56 Å². The van der Waals surface area contributed by atoms with Crippen LogP contribution in [0.3, 0.4) is 0 Å². The fraction of sp³-hybridized carbons (Fsp3) is 0.478. The number of hydrogen-bond acceptors (Lipinski definition) is 10. The van der Waals surface area contributed by atoms with Gasteiger partial charge >= 0.3 is 0 Å². The standard InChI is InChI=1S/C23H29N7O2S/c31-13-10-28-6-8-30(9-7-28)23-26-20-19(21(27-23)29-11-14-32-15-12-29)24-17-25-22(20)33-16-18-4-2-1-3-5-18/h1-5,17,31H,6-16H2. The first kappa shape index (κ1) is 22.3. The molecule has 2 aromatic heterocycles. The number of thioether (sulfide) groups is 1. The van der Waals surface area contributed by atoms with E-state index in [0.29, 0.717) is 19.8 Å². The van der Waals surface area contributed by atoms with E-state index >= 15 is 0 Å². The largest absolute Gasteiger partial charge is 0.395 e. The Morgan fingerprint density at radius 1 is 0.879 bits per heavy atom. The molecule has 0 radical (unpaired) electrons. The first-order valence-electron chi connectivity index (χ1n) is 11.4. The van der Waals surface area contributed by atoms with Crippen molar-refractivity contribution in [2.24, 2.45) is 0 Å². The molecular weight excluding hydrogens is 438 g/mol. The van der Waals surface area contributed by atoms with Crippen LogP contribution in [-0.2, 0) is 10.5 Å². The van der Waals surface area contributed by atoms with Crippen molar-refractivity contribution in [3.8, 4) is 0 Å². The number of nitrogens with zero attached hydrogens (tertiary/aromatic N) is 7. The third-order valence-corrected chi connectivity index (χ3v) is 7.07. The van der Waals surface area contributed by atoms with Crippen molar-refractivity contribution in [2.45, 2.75) is 10.8 Å². The summed E-state index contributed by atoms with van der Waals surface area (Å²) < 4.78 is 5.57. The lowest BCUT2D eigenvalue weighted by Gasteiger charge is -2.35. The summed E-state index contributed by atoms with van der Waals surface area (Å²) in [4.78, 5) is 25.9. The van der Waals surface area contributed by atoms with E-state index in [2.05, 4.69) is 48.9 Å². The fourth-order valence-corrected chi connectivity index (χ4v) is 5.08. The predicted octanol–water partition coefficient (Wildman–Crippen LogP) is 1.66. The number of rotatable bonds is 7. The number of ether oxygens (including phenoxy) is 1. The van der Waals surface area contributed by atoms with Gasteiger partial charge < -0.3 is 19.6 Å². The van der Waals surface area contributed by atoms with Crippen LogP contribution in [0.4, 0.5) is 11.8 Å². The molecule has 5 rings (SSSR count). The summed E-state index contributed by atoms with van der Waals surface area (Å²) in [6, 6.07) is 10.4. The van der Waals surface area contributed by atoms with Gasteiger partial charge in [0.1, 0.15) is 22.4 Å². The van der Waals surface area contributed by atoms with Crippen molar-refractivity contribution in [1.29, 1.82) is 0 Å². The molecule has 0 atom stereocenters. The number of aliphatic hydroxyl groups excluding tert-OH is 1. The zero-order valence-electron chi connectivity index (χ0n) is 18.6. The van der Waals surface area contributed by atoms with Gasteiger partial charge in [-0.3, -0.25) is 4.90 Å². The van der Waals surface area contributed by atoms with Crippen molar-refractivity contribution < 1.29 is 9.84 Å². The SMILES string of the molecule is OCCN1CCN(c2nc(N3CCOCC3)c3ncnc(SCc4ccccc4)c3n2)CC1. The summed E-state index contributed by atoms with van der Waals surface area (Å²) in [5.41, 5.74) is 2.85. The highest BCUT2D eigenvalue weighted by molar-refractivity contribution is 7.98. The number of aliphatic hydroxyl groups is 1. The normalized spacial score (nSPS) is 17.6. The van der Waals surface area contributed by atoms with Crippen LogP contribution in [0.2, 0.25) is 0 Å². The topological polar surface area (TPSA) is 90.7 Å². The molecule has 9 nitrogen and oxygen atoms in total. The van der Waals surface area contributed by atoms with Crippen molar-refractivity contribution in [2.75, 3.05) is 75.4 Å². The molecule has 0 aliphatic carbocycles. The molecule has 2 aliphatic heterocycles. The minimum atomic E-state index is 0.187. The maximum absolute atomic E-state index is 9.25. The Morgan fingerprint density at radius 2 is 1.67 bits per heavy atom. The maximum Gasteiger partial charge on any atom is 0.228 e. The van der Waals surface area contributed by atoms with Crippen LogP contribution in [-0.4, -0.2) is 95.6 Å². The zero-order valence-corrected chi connectivity index (χ0v) is 19.5. The third-order valence-electron chi connectivity index (χ3n) is 6.02. The molecule has 4 heterocycles. The Bertz CT molecular complexity index is 1060. The summed E-state index contributed by atoms with van der Waals surface area (Å²) in [6.45, 7) is 7.25. The minimum absolute atomic E-state index is 0.187. The summed E-state index contributed by atoms with van der Waals surface area (Å²) >= 11 is 1.68. The van der Waals surface area contributed by atoms with Gasteiger partial charge in [-0.1, -0.05) is 42.1 Å². The van der Waals surface area contributed by atoms with E-state index in [-0.39, 0.29) is 6.61 Å². The van der Waals surface area contributed by atoms with Crippen LogP contribution < -0.4 is 9.80 Å². The van der Waals surface area contributed by atoms with Crippen LogP contribution in [0.15, 0.2) is 41.7 Å². The molecule has 0 saturated carbocycles. The molecule has 1 N–H and O–H groups in total. The quantitative estimate of drug-likeness (QED) is 0.409. The van der Waals surface area contributed by atoms with Gasteiger partial charge in [0.15, 0.2) is 5.82 Å². The second-order valence-corrected chi connectivity index (χ2v) is 9.11. The average molecular weight is 468 g/mol. The van der Waals surface area contributed by atoms with Crippen molar-refractivity contribution in [3.05, 3.63) is 42.2 Å². The number of hydrogen-bond donors (Lipinski definition) is 1. The molecule has 33 heavy (non-hydrogen) atoms. The molecule has 174 valence electrons. The smallest absolute Gasteiger partial charge is 0.228 e. The van der Waals surface area contributed by atoms with Gasteiger partial charge in [-0.25, -0.2) is 15.0 Å². The molecule has 2 aliphatic rings. The highest BCUT2D eigenvalue weighted by Crippen LogP contribution is 2.32. The Balaban J connectivity index is 1.49. The number of β-amino-alcohol motifs (C(OH)–C–C–N with tert-alkyl or cyclic N) is 1. The molecule has 0 amide bonds. The Hall–Kier alpha value is -2.53. The van der Waals surface area contributed by atoms with Gasteiger partial charge in [0.25, 0.3) is 0 Å². The van der Waals surface area contributed by atoms with E-state index in [1.165, 1.54) is 5.56 Å². The zero-order chi connectivity index (χ0) is 22.5. The Morgan fingerprint density at radius 3 is 2.42 bits per heavy atom. The summed E-state index contributed by atoms with van der Waals surface area (Å²) in [6.07, 6.45) is 1.62. The number of aromatic nitrogens is 4. The van der Waals surface area contributed by atoms with Gasteiger partial charge in [-0.2, -0.15) is 4.98 Å². The molecular formula is C23H29N7O2S. The summed E-state index contributed by atoms with van der Waals surface area (Å²) in [5, 5.41) is 10.1. The fourth-order valence-electron chi connectivity index (χ4n) is 4.18. The van der Waals surface area contributed by atoms with E-state index < -0.39 is 0 Å². The van der Waals surface area contributed by atoms with Gasteiger partial charge in [0, 0.05) is 51.6 Å². The number of anilines is 2. The second-order valence-electron chi connectivity index (χ2n) is 8.15. The van der Waals surface area contributed by atoms with Crippen LogP contribution in [0, 0.1) is 0 Å². The number of fused-ring (bicyclic) bond motifs is 1. The lowest BCUT2D eigenvalue weighted by Crippen LogP contribution is -2.48. The van der Waals surface area contributed by atoms with E-state index in [9.17, 15) is 5.11 Å². The number of piperazine rings is 1. The molecule has 0 unspecified atom stereocenters. The maximum atomic E-state index is 9.25. The molecule has 10 heteroatoms. The van der Waals surface area contributed by atoms with Crippen LogP contribution in [0.25, 0.3) is 11.0 Å². The summed E-state index contributed by atoms with van der Waals surface area (Å²) in [5.74, 6) is 2.41. The lowest BCUT2D eigenvalue weighted by molar-refractivity contribution is 0.122. The molecule has 1 aromatic carbocycles. The van der Waals surface area contributed by atoms with E-state index in [4.69, 9.17) is 14.7 Å². The minimum Gasteiger partial charge on any atom is -0.395 e. The molecule has 3 aromatic rings. The average Bonchev–Trinajstić information content (AvgIpc) is 2.88. The van der Waals surface area contributed by atoms with Crippen LogP contribution in [0.5, 0.6) is 0 Å². The van der Waals surface area contributed by atoms with Crippen LogP contribution >= 0.6 is 11.8 Å². The number of morpholine rings is 1. The van der Waals surface area contributed by atoms with Gasteiger partial charge in [-0.15, -0.1) is 0 Å². The molecule has 2 saturated heterocycles. The molecule has 0 bridgehead atoms. The first-order valence-corrected chi connectivity index (χ1v) is 12.4. The van der Waals surface area contributed by atoms with Gasteiger partial charge in [0.2, 0.25) is 5.95 Å². The molecule has 0 spiro atoms. The first-order chi connectivity index (χ1) is 16.3. The highest BCUT2D eigenvalue weighted by Gasteiger charge is 2.24. The Labute approximate surface area is 197 Å². The third kappa shape index (κ3) is 5.19. The number of benzene rings is 1. The second kappa shape index (κ2) is 10.6. The summed E-state index contributed by atoms with van der Waals surface area (Å²) in [7, 11) is 0. The monoisotopic (exact) mass is 467 g/mol.